The fraction of sp³-hybridized carbons (Fsp3) is 0.250. The van der Waals surface area contributed by atoms with Gasteiger partial charge in [-0.15, -0.1) is 0 Å². The van der Waals surface area contributed by atoms with Gasteiger partial charge in [-0.25, -0.2) is 4.98 Å². The summed E-state index contributed by atoms with van der Waals surface area (Å²) in [5.74, 6) is 0.838. The van der Waals surface area contributed by atoms with Gasteiger partial charge in [-0.1, -0.05) is 11.3 Å². The minimum Gasteiger partial charge on any atom is -0.497 e. The van der Waals surface area contributed by atoms with Crippen molar-refractivity contribution in [3.8, 4) is 17.0 Å². The fourth-order valence-electron chi connectivity index (χ4n) is 1.94. The number of benzene rings is 1. The summed E-state index contributed by atoms with van der Waals surface area (Å²) in [4.78, 5) is 4.29. The molecule has 0 amide bonds. The quantitative estimate of drug-likeness (QED) is 0.858. The zero-order valence-corrected chi connectivity index (χ0v) is 10.9. The topological polar surface area (TPSA) is 74.2 Å². The Balaban J connectivity index is 2.63. The molecule has 0 aliphatic rings. The molecule has 0 saturated heterocycles. The molecule has 90 valence electrons. The van der Waals surface area contributed by atoms with Gasteiger partial charge in [0.15, 0.2) is 5.13 Å². The Morgan fingerprint density at radius 3 is 2.18 bits per heavy atom. The molecule has 0 aliphatic carbocycles. The molecule has 0 bridgehead atoms. The first-order valence-electron chi connectivity index (χ1n) is 5.20. The van der Waals surface area contributed by atoms with Crippen LogP contribution in [0.4, 0.5) is 10.1 Å². The Hall–Kier alpha value is -1.75. The lowest BCUT2D eigenvalue weighted by atomic mass is 10.00. The third-order valence-electron chi connectivity index (χ3n) is 2.65. The van der Waals surface area contributed by atoms with E-state index in [1.54, 1.807) is 7.11 Å². The van der Waals surface area contributed by atoms with Gasteiger partial charge < -0.3 is 16.2 Å². The van der Waals surface area contributed by atoms with Crippen LogP contribution in [-0.2, 0) is 0 Å². The highest BCUT2D eigenvalue weighted by Gasteiger charge is 2.14. The molecule has 4 nitrogen and oxygen atoms in total. The van der Waals surface area contributed by atoms with Crippen molar-refractivity contribution in [2.24, 2.45) is 0 Å². The Morgan fingerprint density at radius 2 is 1.76 bits per heavy atom. The van der Waals surface area contributed by atoms with Gasteiger partial charge in [0, 0.05) is 5.56 Å². The van der Waals surface area contributed by atoms with Crippen molar-refractivity contribution in [1.82, 2.24) is 4.98 Å². The van der Waals surface area contributed by atoms with Gasteiger partial charge in [0.05, 0.1) is 7.11 Å². The highest BCUT2D eigenvalue weighted by molar-refractivity contribution is 7.19. The zero-order valence-electron chi connectivity index (χ0n) is 10.1. The van der Waals surface area contributed by atoms with Crippen LogP contribution in [0.15, 0.2) is 12.1 Å². The number of nitrogen functional groups attached to an aromatic ring is 2. The first kappa shape index (κ1) is 11.7. The van der Waals surface area contributed by atoms with Gasteiger partial charge in [0.25, 0.3) is 0 Å². The summed E-state index contributed by atoms with van der Waals surface area (Å²) in [5, 5.41) is 1.14. The van der Waals surface area contributed by atoms with Gasteiger partial charge in [0.2, 0.25) is 0 Å². The standard InChI is InChI=1S/C12H15N3OS/c1-6-4-8(16-3)5-7(2)9(6)10-11(13)17-12(14)15-10/h4-5H,13H2,1-3H3,(H2,14,15). The van der Waals surface area contributed by atoms with Crippen LogP contribution in [0.3, 0.4) is 0 Å². The predicted molar refractivity (Wildman–Crippen MR) is 72.4 cm³/mol. The van der Waals surface area contributed by atoms with E-state index in [9.17, 15) is 0 Å². The van der Waals surface area contributed by atoms with Gasteiger partial charge in [-0.05, 0) is 37.1 Å². The van der Waals surface area contributed by atoms with Crippen LogP contribution in [0.5, 0.6) is 5.75 Å². The Kier molecular flexibility index (Phi) is 2.93. The van der Waals surface area contributed by atoms with Crippen LogP contribution >= 0.6 is 11.3 Å². The van der Waals surface area contributed by atoms with Gasteiger partial charge in [-0.2, -0.15) is 0 Å². The number of aromatic nitrogens is 1. The molecule has 17 heavy (non-hydrogen) atoms. The summed E-state index contributed by atoms with van der Waals surface area (Å²) >= 11 is 1.30. The largest absolute Gasteiger partial charge is 0.497 e. The third kappa shape index (κ3) is 2.06. The number of nitrogens with zero attached hydrogens (tertiary/aromatic N) is 1. The SMILES string of the molecule is COc1cc(C)c(-c2nc(N)sc2N)c(C)c1. The van der Waals surface area contributed by atoms with E-state index in [0.717, 1.165) is 28.1 Å². The summed E-state index contributed by atoms with van der Waals surface area (Å²) in [5.41, 5.74) is 15.6. The predicted octanol–water partition coefficient (Wildman–Crippen LogP) is 2.60. The van der Waals surface area contributed by atoms with E-state index in [4.69, 9.17) is 16.2 Å². The first-order valence-corrected chi connectivity index (χ1v) is 6.02. The van der Waals surface area contributed by atoms with Gasteiger partial charge >= 0.3 is 0 Å². The highest BCUT2D eigenvalue weighted by Crippen LogP contribution is 2.37. The second kappa shape index (κ2) is 4.25. The maximum atomic E-state index is 5.93. The lowest BCUT2D eigenvalue weighted by Gasteiger charge is -2.10. The molecule has 0 aliphatic heterocycles. The zero-order chi connectivity index (χ0) is 12.6. The molecule has 0 radical (unpaired) electrons. The van der Waals surface area contributed by atoms with Crippen molar-refractivity contribution in [2.75, 3.05) is 18.6 Å². The van der Waals surface area contributed by atoms with E-state index in [0.29, 0.717) is 10.1 Å². The molecule has 2 rings (SSSR count). The minimum absolute atomic E-state index is 0.493. The van der Waals surface area contributed by atoms with Crippen LogP contribution in [0.25, 0.3) is 11.3 Å². The normalized spacial score (nSPS) is 10.5. The molecule has 1 aromatic heterocycles. The smallest absolute Gasteiger partial charge is 0.182 e. The molecule has 5 heteroatoms. The van der Waals surface area contributed by atoms with Crippen molar-refractivity contribution in [3.05, 3.63) is 23.3 Å². The average Bonchev–Trinajstić information content (AvgIpc) is 2.57. The molecule has 0 spiro atoms. The average molecular weight is 249 g/mol. The molecule has 0 fully saturated rings. The molecule has 2 aromatic rings. The van der Waals surface area contributed by atoms with Crippen molar-refractivity contribution in [2.45, 2.75) is 13.8 Å². The number of hydrogen-bond donors (Lipinski definition) is 2. The number of thiazole rings is 1. The van der Waals surface area contributed by atoms with E-state index in [2.05, 4.69) is 4.98 Å². The molecule has 0 atom stereocenters. The Bertz CT molecular complexity index is 540. The number of anilines is 2. The number of rotatable bonds is 2. The van der Waals surface area contributed by atoms with E-state index < -0.39 is 0 Å². The van der Waals surface area contributed by atoms with Crippen LogP contribution in [0.2, 0.25) is 0 Å². The van der Waals surface area contributed by atoms with Gasteiger partial charge in [-0.3, -0.25) is 0 Å². The summed E-state index contributed by atoms with van der Waals surface area (Å²) in [6.45, 7) is 4.03. The maximum Gasteiger partial charge on any atom is 0.182 e. The Morgan fingerprint density at radius 1 is 1.18 bits per heavy atom. The number of nitrogens with two attached hydrogens (primary N) is 2. The maximum absolute atomic E-state index is 5.93. The lowest BCUT2D eigenvalue weighted by Crippen LogP contribution is -1.94. The van der Waals surface area contributed by atoms with Crippen LogP contribution in [0, 0.1) is 13.8 Å². The molecule has 0 unspecified atom stereocenters. The summed E-state index contributed by atoms with van der Waals surface area (Å²) < 4.78 is 5.23. The number of methoxy groups -OCH3 is 1. The van der Waals surface area contributed by atoms with Crippen molar-refractivity contribution in [3.63, 3.8) is 0 Å². The number of aryl methyl sites for hydroxylation is 2. The van der Waals surface area contributed by atoms with E-state index in [1.165, 1.54) is 11.3 Å². The molecule has 1 aromatic carbocycles. The molecular weight excluding hydrogens is 234 g/mol. The van der Waals surface area contributed by atoms with Gasteiger partial charge in [0.1, 0.15) is 16.4 Å². The highest BCUT2D eigenvalue weighted by atomic mass is 32.1. The number of hydrogen-bond acceptors (Lipinski definition) is 5. The first-order chi connectivity index (χ1) is 8.02. The van der Waals surface area contributed by atoms with Crippen LogP contribution < -0.4 is 16.2 Å². The second-order valence-electron chi connectivity index (χ2n) is 3.90. The fourth-order valence-corrected chi connectivity index (χ4v) is 2.55. The van der Waals surface area contributed by atoms with E-state index in [1.807, 2.05) is 26.0 Å². The molecule has 0 saturated carbocycles. The molecule has 1 heterocycles. The third-order valence-corrected chi connectivity index (χ3v) is 3.36. The Labute approximate surface area is 104 Å². The van der Waals surface area contributed by atoms with E-state index in [-0.39, 0.29) is 0 Å². The van der Waals surface area contributed by atoms with Crippen molar-refractivity contribution >= 4 is 21.5 Å². The van der Waals surface area contributed by atoms with E-state index >= 15 is 0 Å². The number of ether oxygens (including phenoxy) is 1. The summed E-state index contributed by atoms with van der Waals surface area (Å²) in [6.07, 6.45) is 0. The molecular formula is C12H15N3OS. The monoisotopic (exact) mass is 249 g/mol. The van der Waals surface area contributed by atoms with Crippen LogP contribution in [-0.4, -0.2) is 12.1 Å². The second-order valence-corrected chi connectivity index (χ2v) is 4.96. The van der Waals surface area contributed by atoms with Crippen LogP contribution in [0.1, 0.15) is 11.1 Å². The van der Waals surface area contributed by atoms with Crippen molar-refractivity contribution < 1.29 is 4.74 Å². The lowest BCUT2D eigenvalue weighted by molar-refractivity contribution is 0.414. The summed E-state index contributed by atoms with van der Waals surface area (Å²) in [7, 11) is 1.66. The van der Waals surface area contributed by atoms with Crippen molar-refractivity contribution in [1.29, 1.82) is 0 Å². The molecule has 4 N–H and O–H groups in total. The summed E-state index contributed by atoms with van der Waals surface area (Å²) in [6, 6.07) is 3.94. The minimum atomic E-state index is 0.493.